The maximum absolute atomic E-state index is 12.7. The largest absolute Gasteiger partial charge is 0.352 e. The second-order valence-corrected chi connectivity index (χ2v) is 7.94. The number of amides is 1. The summed E-state index contributed by atoms with van der Waals surface area (Å²) in [4.78, 5) is 25.6. The first-order chi connectivity index (χ1) is 14.6. The zero-order valence-electron chi connectivity index (χ0n) is 16.9. The van der Waals surface area contributed by atoms with E-state index in [9.17, 15) is 4.79 Å². The molecule has 0 aliphatic carbocycles. The molecule has 1 aromatic carbocycles. The molecule has 0 saturated heterocycles. The van der Waals surface area contributed by atoms with Gasteiger partial charge in [0, 0.05) is 48.2 Å². The highest BCUT2D eigenvalue weighted by Gasteiger charge is 2.13. The molecule has 0 unspecified atom stereocenters. The third-order valence-corrected chi connectivity index (χ3v) is 5.54. The van der Waals surface area contributed by atoms with Crippen LogP contribution in [0.25, 0.3) is 5.78 Å². The number of hydrogen-bond acceptors (Lipinski definition) is 6. The molecule has 0 spiro atoms. The number of imidazole rings is 1. The molecule has 3 heterocycles. The van der Waals surface area contributed by atoms with Crippen molar-refractivity contribution in [1.82, 2.24) is 34.4 Å². The van der Waals surface area contributed by atoms with Crippen LogP contribution in [0.1, 0.15) is 33.7 Å². The van der Waals surface area contributed by atoms with Gasteiger partial charge < -0.3 is 9.88 Å². The van der Waals surface area contributed by atoms with Crippen molar-refractivity contribution in [3.05, 3.63) is 71.6 Å². The van der Waals surface area contributed by atoms with Gasteiger partial charge in [0.25, 0.3) is 11.7 Å². The van der Waals surface area contributed by atoms with E-state index in [0.717, 1.165) is 29.9 Å². The highest BCUT2D eigenvalue weighted by atomic mass is 32.2. The molecule has 1 N–H and O–H groups in total. The quantitative estimate of drug-likeness (QED) is 0.347. The van der Waals surface area contributed by atoms with Crippen molar-refractivity contribution in [2.24, 2.45) is 0 Å². The molecule has 0 radical (unpaired) electrons. The van der Waals surface area contributed by atoms with Gasteiger partial charge in [-0.15, -0.1) is 5.10 Å². The molecule has 0 aliphatic rings. The maximum atomic E-state index is 12.7. The Labute approximate surface area is 178 Å². The second-order valence-electron chi connectivity index (χ2n) is 7.00. The van der Waals surface area contributed by atoms with Gasteiger partial charge in [-0.25, -0.2) is 14.5 Å². The summed E-state index contributed by atoms with van der Waals surface area (Å²) in [5, 5.41) is 8.18. The van der Waals surface area contributed by atoms with Crippen molar-refractivity contribution in [3.8, 4) is 0 Å². The maximum Gasteiger partial charge on any atom is 0.253 e. The van der Waals surface area contributed by atoms with E-state index >= 15 is 0 Å². The van der Waals surface area contributed by atoms with Gasteiger partial charge in [0.05, 0.1) is 6.33 Å². The average Bonchev–Trinajstić information content (AvgIpc) is 3.39. The Balaban J connectivity index is 1.38. The number of nitrogens with zero attached hydrogens (tertiary/aromatic N) is 6. The fourth-order valence-electron chi connectivity index (χ4n) is 3.20. The van der Waals surface area contributed by atoms with E-state index in [1.807, 2.05) is 54.9 Å². The second kappa shape index (κ2) is 9.08. The summed E-state index contributed by atoms with van der Waals surface area (Å²) in [6.07, 6.45) is 6.29. The Hall–Kier alpha value is -3.20. The molecule has 0 saturated carbocycles. The van der Waals surface area contributed by atoms with Gasteiger partial charge in [-0.3, -0.25) is 4.79 Å². The average molecular weight is 422 g/mol. The smallest absolute Gasteiger partial charge is 0.253 e. The van der Waals surface area contributed by atoms with Gasteiger partial charge in [0.2, 0.25) is 5.16 Å². The zero-order chi connectivity index (χ0) is 20.9. The van der Waals surface area contributed by atoms with Crippen LogP contribution in [-0.2, 0) is 12.3 Å². The molecule has 0 aliphatic heterocycles. The minimum Gasteiger partial charge on any atom is -0.352 e. The molecular formula is C21H23N7OS. The number of benzene rings is 1. The summed E-state index contributed by atoms with van der Waals surface area (Å²) >= 11 is 1.50. The predicted octanol–water partition coefficient (Wildman–Crippen LogP) is 3.05. The zero-order valence-corrected chi connectivity index (χ0v) is 17.8. The van der Waals surface area contributed by atoms with Crippen molar-refractivity contribution < 1.29 is 4.79 Å². The van der Waals surface area contributed by atoms with Crippen LogP contribution in [0.15, 0.2) is 54.2 Å². The van der Waals surface area contributed by atoms with Crippen molar-refractivity contribution >= 4 is 23.4 Å². The third kappa shape index (κ3) is 4.68. The summed E-state index contributed by atoms with van der Waals surface area (Å²) in [7, 11) is 0. The molecule has 0 bridgehead atoms. The molecule has 9 heteroatoms. The molecule has 8 nitrogen and oxygen atoms in total. The summed E-state index contributed by atoms with van der Waals surface area (Å²) < 4.78 is 3.74. The van der Waals surface area contributed by atoms with E-state index < -0.39 is 0 Å². The monoisotopic (exact) mass is 421 g/mol. The minimum atomic E-state index is -0.0621. The van der Waals surface area contributed by atoms with Crippen molar-refractivity contribution in [1.29, 1.82) is 0 Å². The molecule has 154 valence electrons. The Morgan fingerprint density at radius 3 is 2.90 bits per heavy atom. The lowest BCUT2D eigenvalue weighted by atomic mass is 10.1. The summed E-state index contributed by atoms with van der Waals surface area (Å²) in [5.41, 5.74) is 3.54. The Kier molecular flexibility index (Phi) is 6.08. The first-order valence-corrected chi connectivity index (χ1v) is 10.7. The fourth-order valence-corrected chi connectivity index (χ4v) is 4.02. The van der Waals surface area contributed by atoms with Gasteiger partial charge in [-0.2, -0.15) is 4.98 Å². The highest BCUT2D eigenvalue weighted by Crippen LogP contribution is 2.22. The van der Waals surface area contributed by atoms with Crippen LogP contribution in [0.4, 0.5) is 0 Å². The fraction of sp³-hybridized carbons (Fsp3) is 0.286. The minimum absolute atomic E-state index is 0.0621. The van der Waals surface area contributed by atoms with Crippen LogP contribution in [0, 0.1) is 13.8 Å². The summed E-state index contributed by atoms with van der Waals surface area (Å²) in [6, 6.07) is 9.62. The lowest BCUT2D eigenvalue weighted by molar-refractivity contribution is 0.0952. The van der Waals surface area contributed by atoms with Gasteiger partial charge in [-0.05, 0) is 38.0 Å². The van der Waals surface area contributed by atoms with E-state index in [1.54, 1.807) is 17.0 Å². The molecule has 1 amide bonds. The van der Waals surface area contributed by atoms with Crippen LogP contribution < -0.4 is 5.32 Å². The number of aryl methyl sites for hydroxylation is 3. The van der Waals surface area contributed by atoms with Crippen LogP contribution >= 0.6 is 11.8 Å². The number of hydrogen-bond donors (Lipinski definition) is 1. The number of fused-ring (bicyclic) bond motifs is 1. The number of thioether (sulfide) groups is 1. The number of aromatic nitrogens is 6. The SMILES string of the molecule is Cc1cc(C)n2nc(SCc3ccccc3C(=O)NCCCn3ccnc3)nc2n1. The van der Waals surface area contributed by atoms with Gasteiger partial charge in [0.15, 0.2) is 0 Å². The van der Waals surface area contributed by atoms with Gasteiger partial charge >= 0.3 is 0 Å². The van der Waals surface area contributed by atoms with Crippen LogP contribution in [0.2, 0.25) is 0 Å². The molecule has 4 rings (SSSR count). The summed E-state index contributed by atoms with van der Waals surface area (Å²) in [5.74, 6) is 1.14. The number of carbonyl (C=O) groups is 1. The van der Waals surface area contributed by atoms with E-state index in [-0.39, 0.29) is 5.91 Å². The van der Waals surface area contributed by atoms with E-state index in [4.69, 9.17) is 0 Å². The molecule has 4 aromatic rings. The van der Waals surface area contributed by atoms with Crippen LogP contribution in [0.5, 0.6) is 0 Å². The van der Waals surface area contributed by atoms with Crippen molar-refractivity contribution in [2.75, 3.05) is 6.54 Å². The Bertz CT molecular complexity index is 1150. The van der Waals surface area contributed by atoms with Crippen LogP contribution in [-0.4, -0.2) is 41.6 Å². The number of rotatable bonds is 8. The molecule has 0 atom stereocenters. The highest BCUT2D eigenvalue weighted by molar-refractivity contribution is 7.98. The Morgan fingerprint density at radius 2 is 2.07 bits per heavy atom. The molecular weight excluding hydrogens is 398 g/mol. The molecule has 30 heavy (non-hydrogen) atoms. The number of nitrogens with one attached hydrogen (secondary N) is 1. The lowest BCUT2D eigenvalue weighted by Crippen LogP contribution is -2.26. The Morgan fingerprint density at radius 1 is 1.20 bits per heavy atom. The number of carbonyl (C=O) groups excluding carboxylic acids is 1. The van der Waals surface area contributed by atoms with Gasteiger partial charge in [-0.1, -0.05) is 30.0 Å². The first-order valence-electron chi connectivity index (χ1n) is 9.76. The van der Waals surface area contributed by atoms with E-state index in [0.29, 0.717) is 28.8 Å². The first kappa shape index (κ1) is 20.1. The van der Waals surface area contributed by atoms with Crippen molar-refractivity contribution in [2.45, 2.75) is 37.7 Å². The van der Waals surface area contributed by atoms with Crippen molar-refractivity contribution in [3.63, 3.8) is 0 Å². The topological polar surface area (TPSA) is 90.0 Å². The third-order valence-electron chi connectivity index (χ3n) is 4.66. The molecule has 0 fully saturated rings. The van der Waals surface area contributed by atoms with Gasteiger partial charge in [0.1, 0.15) is 0 Å². The predicted molar refractivity (Wildman–Crippen MR) is 115 cm³/mol. The van der Waals surface area contributed by atoms with E-state index in [1.165, 1.54) is 11.8 Å². The summed E-state index contributed by atoms with van der Waals surface area (Å²) in [6.45, 7) is 5.36. The standard InChI is InChI=1S/C21H23N7OS/c1-15-12-16(2)28-20(24-15)25-21(26-28)30-13-17-6-3-4-7-18(17)19(29)23-8-5-10-27-11-9-22-14-27/h3-4,6-7,9,11-12,14H,5,8,10,13H2,1-2H3,(H,23,29). The lowest BCUT2D eigenvalue weighted by Gasteiger charge is -2.09. The van der Waals surface area contributed by atoms with E-state index in [2.05, 4.69) is 25.4 Å². The molecule has 3 aromatic heterocycles. The van der Waals surface area contributed by atoms with Crippen LogP contribution in [0.3, 0.4) is 0 Å². The normalized spacial score (nSPS) is 11.1.